The van der Waals surface area contributed by atoms with E-state index in [-0.39, 0.29) is 0 Å². The van der Waals surface area contributed by atoms with Gasteiger partial charge >= 0.3 is 0 Å². The third-order valence-electron chi connectivity index (χ3n) is 4.98. The summed E-state index contributed by atoms with van der Waals surface area (Å²) in [7, 11) is 0. The molecule has 0 amide bonds. The minimum absolute atomic E-state index is 0.372. The molecule has 0 aliphatic rings. The predicted octanol–water partition coefficient (Wildman–Crippen LogP) is 4.43. The predicted molar refractivity (Wildman–Crippen MR) is 128 cm³/mol. The minimum Gasteiger partial charge on any atom is -0.384 e. The topological polar surface area (TPSA) is 65.9 Å². The summed E-state index contributed by atoms with van der Waals surface area (Å²) in [5.41, 5.74) is 3.36. The fraction of sp³-hybridized carbons (Fsp3) is 0.320. The maximum Gasteiger partial charge on any atom is 0.191 e. The van der Waals surface area contributed by atoms with Crippen LogP contribution in [0.5, 0.6) is 0 Å². The van der Waals surface area contributed by atoms with Crippen molar-refractivity contribution in [1.82, 2.24) is 10.6 Å². The number of thiophene rings is 1. The quantitative estimate of drug-likeness (QED) is 0.324. The van der Waals surface area contributed by atoms with Gasteiger partial charge < -0.3 is 20.5 Å². The Morgan fingerprint density at radius 3 is 2.45 bits per heavy atom. The van der Waals surface area contributed by atoms with Crippen molar-refractivity contribution in [2.75, 3.05) is 13.1 Å². The Bertz CT molecular complexity index is 940. The number of hydrogen-bond donors (Lipinski definition) is 3. The molecule has 6 heteroatoms. The summed E-state index contributed by atoms with van der Waals surface area (Å²) >= 11 is 1.58. The van der Waals surface area contributed by atoms with Gasteiger partial charge in [-0.05, 0) is 52.9 Å². The van der Waals surface area contributed by atoms with E-state index in [4.69, 9.17) is 9.73 Å². The number of nitrogens with one attached hydrogen (secondary N) is 2. The number of guanidine groups is 1. The van der Waals surface area contributed by atoms with E-state index in [2.05, 4.69) is 34.9 Å². The summed E-state index contributed by atoms with van der Waals surface area (Å²) in [6, 6.07) is 20.3. The van der Waals surface area contributed by atoms with Gasteiger partial charge in [-0.3, -0.25) is 0 Å². The molecule has 1 unspecified atom stereocenters. The molecule has 3 aromatic rings. The van der Waals surface area contributed by atoms with Gasteiger partial charge in [0.05, 0.1) is 26.3 Å². The lowest BCUT2D eigenvalue weighted by Crippen LogP contribution is -2.44. The highest BCUT2D eigenvalue weighted by Crippen LogP contribution is 2.22. The number of benzene rings is 2. The molecule has 5 nitrogen and oxygen atoms in total. The molecule has 2 aromatic carbocycles. The lowest BCUT2D eigenvalue weighted by atomic mass is 9.99. The molecule has 0 spiro atoms. The van der Waals surface area contributed by atoms with Crippen LogP contribution in [0, 0.1) is 0 Å². The first-order chi connectivity index (χ1) is 15.1. The monoisotopic (exact) mass is 437 g/mol. The van der Waals surface area contributed by atoms with Gasteiger partial charge in [0.15, 0.2) is 5.96 Å². The van der Waals surface area contributed by atoms with Crippen molar-refractivity contribution >= 4 is 17.3 Å². The Hall–Kier alpha value is -2.67. The van der Waals surface area contributed by atoms with Crippen molar-refractivity contribution in [3.63, 3.8) is 0 Å². The van der Waals surface area contributed by atoms with Crippen molar-refractivity contribution in [2.24, 2.45) is 4.99 Å². The van der Waals surface area contributed by atoms with Gasteiger partial charge in [0.2, 0.25) is 0 Å². The first-order valence-corrected chi connectivity index (χ1v) is 11.5. The zero-order valence-electron chi connectivity index (χ0n) is 18.2. The van der Waals surface area contributed by atoms with Crippen LogP contribution in [0.1, 0.15) is 36.1 Å². The Labute approximate surface area is 188 Å². The Kier molecular flexibility index (Phi) is 8.64. The van der Waals surface area contributed by atoms with Crippen LogP contribution >= 0.6 is 11.3 Å². The van der Waals surface area contributed by atoms with Crippen LogP contribution in [0.25, 0.3) is 0 Å². The fourth-order valence-electron chi connectivity index (χ4n) is 3.14. The summed E-state index contributed by atoms with van der Waals surface area (Å²) in [4.78, 5) is 4.73. The lowest BCUT2D eigenvalue weighted by molar-refractivity contribution is 0.0621. The number of ether oxygens (including phenoxy) is 1. The van der Waals surface area contributed by atoms with Gasteiger partial charge in [0, 0.05) is 6.54 Å². The van der Waals surface area contributed by atoms with Gasteiger partial charge in [-0.25, -0.2) is 4.99 Å². The van der Waals surface area contributed by atoms with Gasteiger partial charge in [0.25, 0.3) is 0 Å². The molecule has 0 saturated carbocycles. The number of aliphatic imine (C=N–C) groups is 1. The second-order valence-electron chi connectivity index (χ2n) is 7.58. The molecule has 0 aliphatic carbocycles. The van der Waals surface area contributed by atoms with Gasteiger partial charge in [-0.15, -0.1) is 0 Å². The number of hydrogen-bond acceptors (Lipinski definition) is 4. The second-order valence-corrected chi connectivity index (χ2v) is 8.36. The van der Waals surface area contributed by atoms with Gasteiger partial charge in [-0.2, -0.15) is 11.3 Å². The smallest absolute Gasteiger partial charge is 0.191 e. The molecule has 0 saturated heterocycles. The van der Waals surface area contributed by atoms with E-state index >= 15 is 0 Å². The van der Waals surface area contributed by atoms with Crippen LogP contribution in [0.3, 0.4) is 0 Å². The van der Waals surface area contributed by atoms with E-state index in [0.717, 1.165) is 28.8 Å². The van der Waals surface area contributed by atoms with Gasteiger partial charge in [0.1, 0.15) is 5.60 Å². The standard InChI is InChI=1S/C25H31N3O2S/c1-3-26-24(28-19-25(2,29)23-13-14-31-18-23)27-15-21-11-7-8-12-22(21)17-30-16-20-9-5-4-6-10-20/h4-14,18,29H,3,15-17,19H2,1-2H3,(H2,26,27,28). The highest BCUT2D eigenvalue weighted by molar-refractivity contribution is 7.08. The summed E-state index contributed by atoms with van der Waals surface area (Å²) in [6.45, 7) is 6.61. The summed E-state index contributed by atoms with van der Waals surface area (Å²) < 4.78 is 5.92. The molecule has 1 heterocycles. The molecular formula is C25H31N3O2S. The first kappa shape index (κ1) is 23.0. The lowest BCUT2D eigenvalue weighted by Gasteiger charge is -2.24. The molecule has 31 heavy (non-hydrogen) atoms. The molecular weight excluding hydrogens is 406 g/mol. The summed E-state index contributed by atoms with van der Waals surface area (Å²) in [6.07, 6.45) is 0. The van der Waals surface area contributed by atoms with Gasteiger partial charge in [-0.1, -0.05) is 54.6 Å². The van der Waals surface area contributed by atoms with Crippen LogP contribution < -0.4 is 10.6 Å². The third kappa shape index (κ3) is 7.21. The van der Waals surface area contributed by atoms with E-state index in [1.54, 1.807) is 11.3 Å². The molecule has 0 radical (unpaired) electrons. The number of nitrogens with zero attached hydrogens (tertiary/aromatic N) is 1. The first-order valence-electron chi connectivity index (χ1n) is 10.5. The normalized spacial score (nSPS) is 13.6. The molecule has 0 aliphatic heterocycles. The molecule has 164 valence electrons. The zero-order chi connectivity index (χ0) is 21.9. The van der Waals surface area contributed by atoms with Crippen LogP contribution in [0.4, 0.5) is 0 Å². The molecule has 0 bridgehead atoms. The van der Waals surface area contributed by atoms with E-state index in [1.807, 2.05) is 61.0 Å². The van der Waals surface area contributed by atoms with Crippen molar-refractivity contribution in [2.45, 2.75) is 39.2 Å². The Balaban J connectivity index is 1.60. The van der Waals surface area contributed by atoms with Crippen molar-refractivity contribution in [1.29, 1.82) is 0 Å². The average Bonchev–Trinajstić information content (AvgIpc) is 3.33. The minimum atomic E-state index is -0.959. The maximum atomic E-state index is 10.8. The summed E-state index contributed by atoms with van der Waals surface area (Å²) in [5, 5.41) is 21.2. The van der Waals surface area contributed by atoms with E-state index in [0.29, 0.717) is 32.3 Å². The number of rotatable bonds is 10. The SMILES string of the molecule is CCNC(=NCc1ccccc1COCc1ccccc1)NCC(C)(O)c1ccsc1. The fourth-order valence-corrected chi connectivity index (χ4v) is 3.92. The van der Waals surface area contributed by atoms with Crippen LogP contribution in [-0.4, -0.2) is 24.2 Å². The van der Waals surface area contributed by atoms with Crippen LogP contribution in [-0.2, 0) is 30.1 Å². The summed E-state index contributed by atoms with van der Waals surface area (Å²) in [5.74, 6) is 0.679. The van der Waals surface area contributed by atoms with Crippen molar-refractivity contribution in [3.05, 3.63) is 93.7 Å². The molecule has 3 N–H and O–H groups in total. The van der Waals surface area contributed by atoms with E-state index in [1.165, 1.54) is 0 Å². The van der Waals surface area contributed by atoms with E-state index < -0.39 is 5.60 Å². The largest absolute Gasteiger partial charge is 0.384 e. The third-order valence-corrected chi connectivity index (χ3v) is 5.67. The highest BCUT2D eigenvalue weighted by atomic mass is 32.1. The molecule has 0 fully saturated rings. The molecule has 1 aromatic heterocycles. The number of aliphatic hydroxyl groups is 1. The second kappa shape index (κ2) is 11.6. The molecule has 1 atom stereocenters. The average molecular weight is 438 g/mol. The van der Waals surface area contributed by atoms with Crippen LogP contribution in [0.2, 0.25) is 0 Å². The Morgan fingerprint density at radius 1 is 1.00 bits per heavy atom. The van der Waals surface area contributed by atoms with Crippen LogP contribution in [0.15, 0.2) is 76.4 Å². The zero-order valence-corrected chi connectivity index (χ0v) is 19.0. The van der Waals surface area contributed by atoms with E-state index in [9.17, 15) is 5.11 Å². The molecule has 3 rings (SSSR count). The maximum absolute atomic E-state index is 10.8. The highest BCUT2D eigenvalue weighted by Gasteiger charge is 2.23. The van der Waals surface area contributed by atoms with Crippen molar-refractivity contribution < 1.29 is 9.84 Å². The Morgan fingerprint density at radius 2 is 1.74 bits per heavy atom. The van der Waals surface area contributed by atoms with Crippen molar-refractivity contribution in [3.8, 4) is 0 Å².